The minimum Gasteiger partial charge on any atom is -0.294 e. The molecule has 0 aromatic heterocycles. The van der Waals surface area contributed by atoms with Gasteiger partial charge in [-0.1, -0.05) is 60.5 Å². The predicted octanol–water partition coefficient (Wildman–Crippen LogP) is 6.67. The average molecular weight is 354 g/mol. The molecule has 1 saturated heterocycles. The summed E-state index contributed by atoms with van der Waals surface area (Å²) in [6, 6.07) is 18.2. The van der Waals surface area contributed by atoms with Gasteiger partial charge in [0.25, 0.3) is 0 Å². The molecule has 1 heterocycles. The van der Waals surface area contributed by atoms with Gasteiger partial charge in [-0.2, -0.15) is 0 Å². The molecule has 2 unspecified atom stereocenters. The highest BCUT2D eigenvalue weighted by Gasteiger charge is 2.23. The summed E-state index contributed by atoms with van der Waals surface area (Å²) in [5, 5.41) is 0.778. The fraction of sp³-hybridized carbons (Fsp3) is 0.391. The molecule has 2 atom stereocenters. The average Bonchev–Trinajstić information content (AvgIpc) is 2.62. The summed E-state index contributed by atoms with van der Waals surface area (Å²) < 4.78 is 0. The molecular weight excluding hydrogens is 326 g/mol. The first-order valence-corrected chi connectivity index (χ1v) is 9.71. The van der Waals surface area contributed by atoms with Crippen LogP contribution in [0.5, 0.6) is 0 Å². The van der Waals surface area contributed by atoms with E-state index in [-0.39, 0.29) is 0 Å². The SMILES string of the molecule is C/C(=C/CN1C(C)CCCC1C)c1ccc(-c2ccc(Cl)cc2)cc1. The van der Waals surface area contributed by atoms with Crippen molar-refractivity contribution in [1.29, 1.82) is 0 Å². The lowest BCUT2D eigenvalue weighted by molar-refractivity contribution is 0.119. The number of hydrogen-bond donors (Lipinski definition) is 0. The van der Waals surface area contributed by atoms with Gasteiger partial charge < -0.3 is 0 Å². The van der Waals surface area contributed by atoms with Crippen molar-refractivity contribution in [3.05, 3.63) is 65.2 Å². The van der Waals surface area contributed by atoms with Crippen molar-refractivity contribution in [2.75, 3.05) is 6.54 Å². The number of piperidine rings is 1. The lowest BCUT2D eigenvalue weighted by Crippen LogP contribution is -2.43. The molecule has 25 heavy (non-hydrogen) atoms. The van der Waals surface area contributed by atoms with Gasteiger partial charge in [0.2, 0.25) is 0 Å². The van der Waals surface area contributed by atoms with Crippen molar-refractivity contribution in [2.45, 2.75) is 52.1 Å². The molecule has 3 rings (SSSR count). The van der Waals surface area contributed by atoms with E-state index >= 15 is 0 Å². The Morgan fingerprint density at radius 3 is 2.04 bits per heavy atom. The van der Waals surface area contributed by atoms with Crippen LogP contribution in [0.25, 0.3) is 16.7 Å². The van der Waals surface area contributed by atoms with Crippen LogP contribution in [0.3, 0.4) is 0 Å². The van der Waals surface area contributed by atoms with Gasteiger partial charge in [0.15, 0.2) is 0 Å². The third-order valence-corrected chi connectivity index (χ3v) is 5.75. The number of likely N-dealkylation sites (tertiary alicyclic amines) is 1. The number of hydrogen-bond acceptors (Lipinski definition) is 1. The standard InChI is InChI=1S/C23H28ClN/c1-17(15-16-25-18(2)5-4-6-19(25)3)20-7-9-21(10-8-20)22-11-13-23(24)14-12-22/h7-15,18-19H,4-6,16H2,1-3H3/b17-15-. The van der Waals surface area contributed by atoms with Crippen molar-refractivity contribution >= 4 is 17.2 Å². The van der Waals surface area contributed by atoms with Crippen LogP contribution in [-0.2, 0) is 0 Å². The molecule has 0 amide bonds. The second kappa shape index (κ2) is 8.21. The monoisotopic (exact) mass is 353 g/mol. The number of nitrogens with zero attached hydrogens (tertiary/aromatic N) is 1. The normalized spacial score (nSPS) is 22.2. The first kappa shape index (κ1) is 18.2. The Labute approximate surface area is 157 Å². The molecule has 2 heteroatoms. The van der Waals surface area contributed by atoms with Crippen LogP contribution in [-0.4, -0.2) is 23.5 Å². The maximum absolute atomic E-state index is 5.97. The second-order valence-electron chi connectivity index (χ2n) is 7.30. The highest BCUT2D eigenvalue weighted by Crippen LogP contribution is 2.25. The smallest absolute Gasteiger partial charge is 0.0406 e. The Morgan fingerprint density at radius 2 is 1.48 bits per heavy atom. The Morgan fingerprint density at radius 1 is 0.960 bits per heavy atom. The maximum atomic E-state index is 5.97. The van der Waals surface area contributed by atoms with E-state index in [0.29, 0.717) is 12.1 Å². The molecule has 1 nitrogen and oxygen atoms in total. The Kier molecular flexibility index (Phi) is 5.98. The van der Waals surface area contributed by atoms with Crippen LogP contribution in [0, 0.1) is 0 Å². The van der Waals surface area contributed by atoms with E-state index in [1.54, 1.807) is 0 Å². The summed E-state index contributed by atoms with van der Waals surface area (Å²) in [4.78, 5) is 2.63. The molecule has 0 saturated carbocycles. The fourth-order valence-electron chi connectivity index (χ4n) is 3.76. The highest BCUT2D eigenvalue weighted by molar-refractivity contribution is 6.30. The zero-order valence-electron chi connectivity index (χ0n) is 15.5. The molecule has 0 aliphatic carbocycles. The molecule has 0 radical (unpaired) electrons. The number of allylic oxidation sites excluding steroid dienone is 1. The molecular formula is C23H28ClN. The molecule has 132 valence electrons. The zero-order valence-corrected chi connectivity index (χ0v) is 16.3. The molecule has 0 spiro atoms. The minimum absolute atomic E-state index is 0.695. The van der Waals surface area contributed by atoms with Gasteiger partial charge in [-0.05, 0) is 68.0 Å². The van der Waals surface area contributed by atoms with Gasteiger partial charge in [-0.15, -0.1) is 0 Å². The summed E-state index contributed by atoms with van der Waals surface area (Å²) in [5.74, 6) is 0. The summed E-state index contributed by atoms with van der Waals surface area (Å²) in [7, 11) is 0. The largest absolute Gasteiger partial charge is 0.294 e. The first-order chi connectivity index (χ1) is 12.0. The van der Waals surface area contributed by atoms with Gasteiger partial charge in [0, 0.05) is 23.7 Å². The molecule has 0 N–H and O–H groups in total. The van der Waals surface area contributed by atoms with Crippen molar-refractivity contribution in [1.82, 2.24) is 4.90 Å². The Balaban J connectivity index is 1.69. The van der Waals surface area contributed by atoms with Crippen LogP contribution in [0.2, 0.25) is 5.02 Å². The van der Waals surface area contributed by atoms with Crippen LogP contribution in [0.15, 0.2) is 54.6 Å². The summed E-state index contributed by atoms with van der Waals surface area (Å²) >= 11 is 5.97. The van der Waals surface area contributed by atoms with Gasteiger partial charge in [-0.25, -0.2) is 0 Å². The third kappa shape index (κ3) is 4.54. The second-order valence-corrected chi connectivity index (χ2v) is 7.73. The lowest BCUT2D eigenvalue weighted by atomic mass is 9.97. The van der Waals surface area contributed by atoms with Crippen molar-refractivity contribution in [3.63, 3.8) is 0 Å². The highest BCUT2D eigenvalue weighted by atomic mass is 35.5. The van der Waals surface area contributed by atoms with E-state index in [1.807, 2.05) is 12.1 Å². The molecule has 1 aliphatic heterocycles. The Bertz CT molecular complexity index is 705. The van der Waals surface area contributed by atoms with Gasteiger partial charge in [-0.3, -0.25) is 4.90 Å². The van der Waals surface area contributed by atoms with Crippen LogP contribution in [0.4, 0.5) is 0 Å². The zero-order chi connectivity index (χ0) is 17.8. The van der Waals surface area contributed by atoms with E-state index in [4.69, 9.17) is 11.6 Å². The third-order valence-electron chi connectivity index (χ3n) is 5.50. The summed E-state index contributed by atoms with van der Waals surface area (Å²) in [6.45, 7) is 7.99. The van der Waals surface area contributed by atoms with Gasteiger partial charge >= 0.3 is 0 Å². The van der Waals surface area contributed by atoms with Crippen LogP contribution in [0.1, 0.15) is 45.6 Å². The number of rotatable bonds is 4. The summed E-state index contributed by atoms with van der Waals surface area (Å²) in [5.41, 5.74) is 5.09. The van der Waals surface area contributed by atoms with Crippen molar-refractivity contribution in [3.8, 4) is 11.1 Å². The molecule has 0 bridgehead atoms. The number of benzene rings is 2. The molecule has 2 aromatic carbocycles. The van der Waals surface area contributed by atoms with E-state index < -0.39 is 0 Å². The predicted molar refractivity (Wildman–Crippen MR) is 110 cm³/mol. The van der Waals surface area contributed by atoms with E-state index in [0.717, 1.165) is 11.6 Å². The molecule has 1 fully saturated rings. The van der Waals surface area contributed by atoms with Crippen molar-refractivity contribution < 1.29 is 0 Å². The Hall–Kier alpha value is -1.57. The fourth-order valence-corrected chi connectivity index (χ4v) is 3.89. The van der Waals surface area contributed by atoms with Crippen molar-refractivity contribution in [2.24, 2.45) is 0 Å². The first-order valence-electron chi connectivity index (χ1n) is 9.33. The van der Waals surface area contributed by atoms with E-state index in [2.05, 4.69) is 68.1 Å². The van der Waals surface area contributed by atoms with E-state index in [1.165, 1.54) is 41.5 Å². The van der Waals surface area contributed by atoms with Crippen LogP contribution >= 0.6 is 11.6 Å². The van der Waals surface area contributed by atoms with E-state index in [9.17, 15) is 0 Å². The topological polar surface area (TPSA) is 3.24 Å². The number of halogens is 1. The van der Waals surface area contributed by atoms with Gasteiger partial charge in [0.05, 0.1) is 0 Å². The summed E-state index contributed by atoms with van der Waals surface area (Å²) in [6.07, 6.45) is 6.41. The lowest BCUT2D eigenvalue weighted by Gasteiger charge is -2.38. The molecule has 2 aromatic rings. The quantitative estimate of drug-likeness (QED) is 0.593. The maximum Gasteiger partial charge on any atom is 0.0406 e. The van der Waals surface area contributed by atoms with Gasteiger partial charge in [0.1, 0.15) is 0 Å². The van der Waals surface area contributed by atoms with Crippen LogP contribution < -0.4 is 0 Å². The molecule has 1 aliphatic rings. The minimum atomic E-state index is 0.695.